The number of hydrogen-bond acceptors (Lipinski definition) is 5. The fourth-order valence-electron chi connectivity index (χ4n) is 4.98. The van der Waals surface area contributed by atoms with E-state index in [9.17, 15) is 44.3 Å². The molecule has 39 heavy (non-hydrogen) atoms. The summed E-state index contributed by atoms with van der Waals surface area (Å²) in [5.41, 5.74) is -3.44. The first-order valence-electron chi connectivity index (χ1n) is 11.9. The van der Waals surface area contributed by atoms with Gasteiger partial charge in [-0.1, -0.05) is 18.9 Å². The second-order valence-electron chi connectivity index (χ2n) is 9.48. The molecule has 2 amide bonds. The third-order valence-corrected chi connectivity index (χ3v) is 8.33. The first-order valence-corrected chi connectivity index (χ1v) is 13.4. The van der Waals surface area contributed by atoms with Crippen molar-refractivity contribution in [2.45, 2.75) is 56.0 Å². The lowest BCUT2D eigenvalue weighted by Crippen LogP contribution is -2.30. The number of fused-ring (bicyclic) bond motifs is 1. The number of methoxy groups -OCH3 is 1. The molecule has 0 aromatic heterocycles. The van der Waals surface area contributed by atoms with Crippen molar-refractivity contribution in [3.8, 4) is 5.75 Å². The molecule has 2 atom stereocenters. The largest absolute Gasteiger partial charge is 0.495 e. The maximum atomic E-state index is 13.2. The van der Waals surface area contributed by atoms with E-state index in [1.165, 1.54) is 19.2 Å². The van der Waals surface area contributed by atoms with Gasteiger partial charge >= 0.3 is 12.4 Å². The minimum atomic E-state index is -5.09. The van der Waals surface area contributed by atoms with Crippen LogP contribution in [-0.2, 0) is 45.1 Å². The second kappa shape index (κ2) is 10.5. The Balaban J connectivity index is 1.59. The zero-order valence-corrected chi connectivity index (χ0v) is 21.3. The van der Waals surface area contributed by atoms with Crippen molar-refractivity contribution in [2.24, 2.45) is 11.8 Å². The van der Waals surface area contributed by atoms with Crippen LogP contribution in [0, 0.1) is 11.8 Å². The number of alkyl halides is 6. The highest BCUT2D eigenvalue weighted by Gasteiger charge is 2.48. The van der Waals surface area contributed by atoms with E-state index in [1.807, 2.05) is 4.72 Å². The molecule has 1 aliphatic carbocycles. The highest BCUT2D eigenvalue weighted by atomic mass is 32.2. The number of halogens is 6. The third-order valence-electron chi connectivity index (χ3n) is 6.90. The lowest BCUT2D eigenvalue weighted by Gasteiger charge is -2.19. The van der Waals surface area contributed by atoms with E-state index in [1.54, 1.807) is 0 Å². The molecule has 0 radical (unpaired) electrons. The van der Waals surface area contributed by atoms with Crippen LogP contribution in [0.15, 0.2) is 41.3 Å². The van der Waals surface area contributed by atoms with Gasteiger partial charge in [0.2, 0.25) is 21.8 Å². The van der Waals surface area contributed by atoms with Gasteiger partial charge in [0.1, 0.15) is 10.6 Å². The summed E-state index contributed by atoms with van der Waals surface area (Å²) in [7, 11) is -3.35. The zero-order chi connectivity index (χ0) is 28.8. The van der Waals surface area contributed by atoms with Gasteiger partial charge in [-0.2, -0.15) is 26.3 Å². The first kappa shape index (κ1) is 28.9. The smallest absolute Gasteiger partial charge is 0.416 e. The number of benzene rings is 2. The molecule has 4 rings (SSSR count). The Labute approximate surface area is 220 Å². The Hall–Kier alpha value is -3.13. The van der Waals surface area contributed by atoms with Crippen molar-refractivity contribution >= 4 is 21.8 Å². The quantitative estimate of drug-likeness (QED) is 0.373. The summed E-state index contributed by atoms with van der Waals surface area (Å²) >= 11 is 0. The van der Waals surface area contributed by atoms with Crippen molar-refractivity contribution in [3.05, 3.63) is 58.7 Å². The number of amides is 2. The fraction of sp³-hybridized carbons (Fsp3) is 0.440. The predicted molar refractivity (Wildman–Crippen MR) is 124 cm³/mol. The molecule has 212 valence electrons. The molecule has 1 saturated heterocycles. The minimum Gasteiger partial charge on any atom is -0.495 e. The van der Waals surface area contributed by atoms with Crippen LogP contribution in [0.5, 0.6) is 5.75 Å². The molecule has 2 aromatic carbocycles. The summed E-state index contributed by atoms with van der Waals surface area (Å²) in [6.07, 6.45) is -7.31. The van der Waals surface area contributed by atoms with Crippen LogP contribution in [0.1, 0.15) is 47.9 Å². The summed E-state index contributed by atoms with van der Waals surface area (Å²) in [4.78, 5) is 26.2. The van der Waals surface area contributed by atoms with E-state index in [4.69, 9.17) is 4.74 Å². The number of carbonyl (C=O) groups is 2. The third kappa shape index (κ3) is 6.06. The zero-order valence-electron chi connectivity index (χ0n) is 20.5. The molecule has 1 aliphatic heterocycles. The van der Waals surface area contributed by atoms with Crippen molar-refractivity contribution < 1.29 is 49.1 Å². The molecule has 1 saturated carbocycles. The van der Waals surface area contributed by atoms with E-state index in [2.05, 4.69) is 0 Å². The Morgan fingerprint density at radius 2 is 1.41 bits per heavy atom. The summed E-state index contributed by atoms with van der Waals surface area (Å²) in [6.45, 7) is -1.07. The van der Waals surface area contributed by atoms with Gasteiger partial charge in [-0.25, -0.2) is 13.1 Å². The monoisotopic (exact) mass is 578 g/mol. The number of rotatable bonds is 7. The van der Waals surface area contributed by atoms with E-state index in [0.717, 1.165) is 23.8 Å². The lowest BCUT2D eigenvalue weighted by molar-refractivity contribution is -0.143. The molecule has 0 spiro atoms. The van der Waals surface area contributed by atoms with Gasteiger partial charge < -0.3 is 4.74 Å². The molecule has 1 heterocycles. The van der Waals surface area contributed by atoms with Gasteiger partial charge in [-0.05, 0) is 54.3 Å². The highest BCUT2D eigenvalue weighted by molar-refractivity contribution is 7.89. The van der Waals surface area contributed by atoms with Gasteiger partial charge in [0.25, 0.3) is 0 Å². The summed E-state index contributed by atoms with van der Waals surface area (Å²) in [5.74, 6) is -1.60. The Kier molecular flexibility index (Phi) is 7.74. The molecule has 2 aromatic rings. The Morgan fingerprint density at radius 1 is 0.872 bits per heavy atom. The summed E-state index contributed by atoms with van der Waals surface area (Å²) in [6, 6.07) is 4.69. The molecule has 1 N–H and O–H groups in total. The van der Waals surface area contributed by atoms with Crippen molar-refractivity contribution in [1.29, 1.82) is 0 Å². The average molecular weight is 579 g/mol. The van der Waals surface area contributed by atoms with Gasteiger partial charge in [0, 0.05) is 6.54 Å². The summed E-state index contributed by atoms with van der Waals surface area (Å²) < 4.78 is 112. The van der Waals surface area contributed by atoms with Crippen LogP contribution in [0.2, 0.25) is 0 Å². The number of ether oxygens (including phenoxy) is 1. The van der Waals surface area contributed by atoms with E-state index >= 15 is 0 Å². The Morgan fingerprint density at radius 3 is 1.90 bits per heavy atom. The molecule has 2 fully saturated rings. The van der Waals surface area contributed by atoms with Gasteiger partial charge in [0.15, 0.2) is 0 Å². The highest BCUT2D eigenvalue weighted by Crippen LogP contribution is 2.39. The normalized spacial score (nSPS) is 20.3. The molecule has 0 bridgehead atoms. The van der Waals surface area contributed by atoms with Crippen molar-refractivity contribution in [2.75, 3.05) is 7.11 Å². The van der Waals surface area contributed by atoms with Crippen molar-refractivity contribution in [1.82, 2.24) is 9.62 Å². The van der Waals surface area contributed by atoms with Gasteiger partial charge in [-0.3, -0.25) is 14.5 Å². The fourth-order valence-corrected chi connectivity index (χ4v) is 6.21. The average Bonchev–Trinajstić information content (AvgIpc) is 3.11. The van der Waals surface area contributed by atoms with E-state index < -0.39 is 62.3 Å². The molecular weight excluding hydrogens is 554 g/mol. The maximum absolute atomic E-state index is 13.2. The Bertz CT molecular complexity index is 1330. The molecule has 7 nitrogen and oxygen atoms in total. The van der Waals surface area contributed by atoms with Crippen LogP contribution in [0.3, 0.4) is 0 Å². The molecule has 2 aliphatic rings. The lowest BCUT2D eigenvalue weighted by atomic mass is 9.81. The number of imide groups is 1. The van der Waals surface area contributed by atoms with Crippen LogP contribution in [0.25, 0.3) is 0 Å². The number of hydrogen-bond donors (Lipinski definition) is 1. The first-order chi connectivity index (χ1) is 18.1. The molecule has 2 unspecified atom stereocenters. The number of nitrogens with one attached hydrogen (secondary N) is 1. The maximum Gasteiger partial charge on any atom is 0.416 e. The van der Waals surface area contributed by atoms with E-state index in [0.29, 0.717) is 25.0 Å². The van der Waals surface area contributed by atoms with E-state index in [-0.39, 0.29) is 35.7 Å². The number of likely N-dealkylation sites (tertiary alicyclic amines) is 1. The van der Waals surface area contributed by atoms with Gasteiger partial charge in [0.05, 0.1) is 36.6 Å². The topological polar surface area (TPSA) is 92.8 Å². The van der Waals surface area contributed by atoms with Crippen LogP contribution >= 0.6 is 0 Å². The van der Waals surface area contributed by atoms with Crippen LogP contribution in [0.4, 0.5) is 26.3 Å². The minimum absolute atomic E-state index is 0.0540. The molecular formula is C25H24F6N2O5S. The van der Waals surface area contributed by atoms with Crippen LogP contribution < -0.4 is 9.46 Å². The number of carbonyl (C=O) groups excluding carboxylic acids is 2. The van der Waals surface area contributed by atoms with Gasteiger partial charge in [-0.15, -0.1) is 0 Å². The standard InChI is InChI=1S/C25H24F6N2O5S/c1-38-20-7-6-14(13-33-22(34)18-4-2-3-5-19(18)23(33)35)10-21(20)39(36,37)32-12-15-8-16(24(26,27)28)11-17(9-15)25(29,30)31/h6-11,18-19,32H,2-5,12-13H2,1H3. The van der Waals surface area contributed by atoms with Crippen LogP contribution in [-0.4, -0.2) is 32.2 Å². The molecule has 14 heteroatoms. The predicted octanol–water partition coefficient (Wildman–Crippen LogP) is 4.89. The number of sulfonamides is 1. The second-order valence-corrected chi connectivity index (χ2v) is 11.2. The number of nitrogens with zero attached hydrogens (tertiary/aromatic N) is 1. The SMILES string of the molecule is COc1ccc(CN2C(=O)C3CCCCC3C2=O)cc1S(=O)(=O)NCc1cc(C(F)(F)F)cc(C(F)(F)F)c1. The summed E-state index contributed by atoms with van der Waals surface area (Å²) in [5, 5.41) is 0. The van der Waals surface area contributed by atoms with Crippen molar-refractivity contribution in [3.63, 3.8) is 0 Å².